The molecule has 1 saturated heterocycles. The van der Waals surface area contributed by atoms with Crippen molar-refractivity contribution in [1.29, 1.82) is 0 Å². The number of fused-ring (bicyclic) bond motifs is 1. The topological polar surface area (TPSA) is 120 Å². The first kappa shape index (κ1) is 25.0. The molecule has 4 rings (SSSR count). The van der Waals surface area contributed by atoms with Gasteiger partial charge in [-0.2, -0.15) is 0 Å². The van der Waals surface area contributed by atoms with Crippen LogP contribution in [0.5, 0.6) is 0 Å². The van der Waals surface area contributed by atoms with Crippen molar-refractivity contribution >= 4 is 46.5 Å². The van der Waals surface area contributed by atoms with Gasteiger partial charge < -0.3 is 25.7 Å². The summed E-state index contributed by atoms with van der Waals surface area (Å²) < 4.78 is 0. The number of aromatic nitrogens is 1. The number of hydrogen-bond acceptors (Lipinski definition) is 4. The van der Waals surface area contributed by atoms with Gasteiger partial charge in [0.1, 0.15) is 6.29 Å². The van der Waals surface area contributed by atoms with Gasteiger partial charge in [0, 0.05) is 34.6 Å². The largest absolute Gasteiger partial charge is 0.360 e. The molecule has 0 radical (unpaired) electrons. The van der Waals surface area contributed by atoms with Crippen LogP contribution in [0.3, 0.4) is 0 Å². The lowest BCUT2D eigenvalue weighted by atomic mass is 9.99. The Kier molecular flexibility index (Phi) is 8.81. The Morgan fingerprint density at radius 1 is 1.21 bits per heavy atom. The molecule has 2 atom stereocenters. The molecule has 2 unspecified atom stereocenters. The van der Waals surface area contributed by atoms with Gasteiger partial charge in [0.05, 0.1) is 18.2 Å². The summed E-state index contributed by atoms with van der Waals surface area (Å²) in [6, 6.07) is 14.6. The Hall–Kier alpha value is -3.65. The predicted octanol–water partition coefficient (Wildman–Crippen LogP) is 2.76. The van der Waals surface area contributed by atoms with E-state index in [1.165, 1.54) is 5.56 Å². The fraction of sp³-hybridized carbons (Fsp3) is 0.280. The Morgan fingerprint density at radius 3 is 2.59 bits per heavy atom. The van der Waals surface area contributed by atoms with E-state index in [1.54, 1.807) is 24.4 Å². The van der Waals surface area contributed by atoms with Gasteiger partial charge in [0.25, 0.3) is 5.91 Å². The summed E-state index contributed by atoms with van der Waals surface area (Å²) in [7, 11) is 0. The number of halogens is 1. The van der Waals surface area contributed by atoms with Crippen LogP contribution in [0.1, 0.15) is 28.8 Å². The highest BCUT2D eigenvalue weighted by molar-refractivity contribution is 6.31. The van der Waals surface area contributed by atoms with E-state index in [9.17, 15) is 19.2 Å². The third kappa shape index (κ3) is 6.92. The molecule has 1 aromatic heterocycles. The molecule has 0 aliphatic carbocycles. The van der Waals surface area contributed by atoms with Crippen molar-refractivity contribution in [1.82, 2.24) is 20.9 Å². The van der Waals surface area contributed by atoms with Crippen LogP contribution in [0.4, 0.5) is 0 Å². The zero-order valence-corrected chi connectivity index (χ0v) is 19.5. The molecule has 2 aromatic carbocycles. The number of carbonyl (C=O) groups is 4. The van der Waals surface area contributed by atoms with Crippen LogP contribution in [0.25, 0.3) is 10.9 Å². The minimum absolute atomic E-state index is 0.109. The average Bonchev–Trinajstić information content (AvgIpc) is 3.43. The fourth-order valence-electron chi connectivity index (χ4n) is 3.65. The number of nitrogens with one attached hydrogen (secondary N) is 4. The number of rotatable bonds is 7. The number of aromatic amines is 1. The maximum absolute atomic E-state index is 12.3. The molecule has 34 heavy (non-hydrogen) atoms. The second-order valence-electron chi connectivity index (χ2n) is 8.05. The van der Waals surface area contributed by atoms with E-state index in [2.05, 4.69) is 40.0 Å². The Morgan fingerprint density at radius 2 is 1.97 bits per heavy atom. The van der Waals surface area contributed by atoms with Gasteiger partial charge in [-0.05, 0) is 38.0 Å². The van der Waals surface area contributed by atoms with Crippen molar-refractivity contribution in [2.45, 2.75) is 25.8 Å². The minimum Gasteiger partial charge on any atom is -0.360 e. The van der Waals surface area contributed by atoms with Gasteiger partial charge in [0.15, 0.2) is 0 Å². The summed E-state index contributed by atoms with van der Waals surface area (Å²) in [5, 5.41) is 8.89. The van der Waals surface area contributed by atoms with Gasteiger partial charge in [-0.25, -0.2) is 0 Å². The zero-order valence-electron chi connectivity index (χ0n) is 18.8. The Balaban J connectivity index is 0.000000396. The van der Waals surface area contributed by atoms with E-state index in [0.29, 0.717) is 35.2 Å². The first-order valence-corrected chi connectivity index (χ1v) is 11.3. The third-order valence-corrected chi connectivity index (χ3v) is 5.69. The number of benzene rings is 2. The molecule has 3 aromatic rings. The number of carbonyl (C=O) groups excluding carboxylic acids is 4. The lowest BCUT2D eigenvalue weighted by Crippen LogP contribution is -2.43. The van der Waals surface area contributed by atoms with E-state index < -0.39 is 17.9 Å². The van der Waals surface area contributed by atoms with E-state index in [4.69, 9.17) is 11.6 Å². The van der Waals surface area contributed by atoms with Crippen LogP contribution >= 0.6 is 11.6 Å². The predicted molar refractivity (Wildman–Crippen MR) is 131 cm³/mol. The zero-order chi connectivity index (χ0) is 24.5. The van der Waals surface area contributed by atoms with Gasteiger partial charge in [-0.1, -0.05) is 47.5 Å². The molecule has 2 heterocycles. The molecule has 4 N–H and O–H groups in total. The highest BCUT2D eigenvalue weighted by Gasteiger charge is 2.27. The number of H-pyrrole nitrogens is 1. The second-order valence-corrected chi connectivity index (χ2v) is 8.49. The number of amides is 3. The van der Waals surface area contributed by atoms with Crippen LogP contribution in [-0.2, 0) is 14.4 Å². The molecular formula is C25H27ClN4O4. The van der Waals surface area contributed by atoms with Crippen molar-refractivity contribution in [3.63, 3.8) is 0 Å². The maximum Gasteiger partial charge on any atom is 0.253 e. The average molecular weight is 483 g/mol. The molecule has 178 valence electrons. The number of aryl methyl sites for hydroxylation is 1. The van der Waals surface area contributed by atoms with Gasteiger partial charge in [-0.3, -0.25) is 14.4 Å². The van der Waals surface area contributed by atoms with Crippen LogP contribution in [0.2, 0.25) is 5.02 Å². The van der Waals surface area contributed by atoms with Gasteiger partial charge >= 0.3 is 0 Å². The molecule has 8 nitrogen and oxygen atoms in total. The summed E-state index contributed by atoms with van der Waals surface area (Å²) >= 11 is 5.96. The molecular weight excluding hydrogens is 456 g/mol. The van der Waals surface area contributed by atoms with Crippen LogP contribution < -0.4 is 16.0 Å². The van der Waals surface area contributed by atoms with Crippen LogP contribution in [-0.4, -0.2) is 48.1 Å². The normalized spacial score (nSPS) is 15.6. The maximum atomic E-state index is 12.3. The highest BCUT2D eigenvalue weighted by Crippen LogP contribution is 2.22. The molecule has 0 bridgehead atoms. The first-order valence-electron chi connectivity index (χ1n) is 11.0. The van der Waals surface area contributed by atoms with E-state index in [0.717, 1.165) is 5.52 Å². The third-order valence-electron chi connectivity index (χ3n) is 5.45. The summed E-state index contributed by atoms with van der Waals surface area (Å²) in [4.78, 5) is 50.1. The molecule has 1 aliphatic rings. The van der Waals surface area contributed by atoms with Gasteiger partial charge in [0.2, 0.25) is 11.8 Å². The van der Waals surface area contributed by atoms with Crippen LogP contribution in [0, 0.1) is 12.8 Å². The SMILES string of the molecule is Cc1ccccc1.O=CC(CC1CCNC1=O)NC(=O)CNC(=O)c1c[nH]c2ccc(Cl)cc12. The van der Waals surface area contributed by atoms with Crippen molar-refractivity contribution in [3.8, 4) is 0 Å². The Labute approximate surface area is 202 Å². The molecule has 0 saturated carbocycles. The summed E-state index contributed by atoms with van der Waals surface area (Å²) in [5.41, 5.74) is 2.45. The number of hydrogen-bond donors (Lipinski definition) is 4. The van der Waals surface area contributed by atoms with Crippen molar-refractivity contribution in [2.75, 3.05) is 13.1 Å². The second kappa shape index (κ2) is 12.0. The summed E-state index contributed by atoms with van der Waals surface area (Å²) in [6.45, 7) is 2.38. The highest BCUT2D eigenvalue weighted by atomic mass is 35.5. The lowest BCUT2D eigenvalue weighted by Gasteiger charge is -2.15. The monoisotopic (exact) mass is 482 g/mol. The molecule has 0 spiro atoms. The standard InChI is InChI=1S/C18H19ClN4O4.C7H8/c19-11-1-2-15-13(6-11)14(7-21-15)18(27)22-8-16(25)23-12(9-24)5-10-3-4-20-17(10)26;1-7-5-3-2-4-6-7/h1-2,6-7,9-10,12,21H,3-5,8H2,(H,20,26)(H,22,27)(H,23,25);2-6H,1H3. The van der Waals surface area contributed by atoms with Gasteiger partial charge in [-0.15, -0.1) is 0 Å². The first-order chi connectivity index (χ1) is 16.4. The quantitative estimate of drug-likeness (QED) is 0.387. The Bertz CT molecular complexity index is 1160. The van der Waals surface area contributed by atoms with Crippen LogP contribution in [0.15, 0.2) is 54.7 Å². The van der Waals surface area contributed by atoms with E-state index in [1.807, 2.05) is 18.2 Å². The number of aldehydes is 1. The van der Waals surface area contributed by atoms with E-state index in [-0.39, 0.29) is 24.8 Å². The van der Waals surface area contributed by atoms with E-state index >= 15 is 0 Å². The molecule has 1 fully saturated rings. The molecule has 1 aliphatic heterocycles. The summed E-state index contributed by atoms with van der Waals surface area (Å²) in [5.74, 6) is -1.33. The minimum atomic E-state index is -0.768. The smallest absolute Gasteiger partial charge is 0.253 e. The van der Waals surface area contributed by atoms with Crippen molar-refractivity contribution in [2.24, 2.45) is 5.92 Å². The van der Waals surface area contributed by atoms with Crippen molar-refractivity contribution < 1.29 is 19.2 Å². The van der Waals surface area contributed by atoms with Crippen molar-refractivity contribution in [3.05, 3.63) is 70.9 Å². The summed E-state index contributed by atoms with van der Waals surface area (Å²) in [6.07, 6.45) is 3.03. The molecule has 3 amide bonds. The lowest BCUT2D eigenvalue weighted by molar-refractivity contribution is -0.125. The fourth-order valence-corrected chi connectivity index (χ4v) is 3.83. The molecule has 9 heteroatoms.